The van der Waals surface area contributed by atoms with Crippen LogP contribution in [0.4, 0.5) is 8.78 Å². The van der Waals surface area contributed by atoms with Gasteiger partial charge in [0.25, 0.3) is 0 Å². The lowest BCUT2D eigenvalue weighted by Gasteiger charge is -2.31. The monoisotopic (exact) mass is 283 g/mol. The summed E-state index contributed by atoms with van der Waals surface area (Å²) in [6.07, 6.45) is 4.56. The molecule has 0 bridgehead atoms. The second-order valence-electron chi connectivity index (χ2n) is 5.78. The van der Waals surface area contributed by atoms with Crippen LogP contribution in [0, 0.1) is 23.5 Å². The van der Waals surface area contributed by atoms with Crippen molar-refractivity contribution < 1.29 is 13.9 Å². The molecule has 2 nitrogen and oxygen atoms in total. The lowest BCUT2D eigenvalue weighted by atomic mass is 9.79. The van der Waals surface area contributed by atoms with E-state index in [1.807, 2.05) is 6.92 Å². The maximum atomic E-state index is 13.7. The van der Waals surface area contributed by atoms with Gasteiger partial charge >= 0.3 is 0 Å². The summed E-state index contributed by atoms with van der Waals surface area (Å²) in [5.74, 6) is -0.264. The number of hydrogen-bond acceptors (Lipinski definition) is 2. The molecule has 0 spiro atoms. The van der Waals surface area contributed by atoms with Crippen molar-refractivity contribution in [3.8, 4) is 0 Å². The maximum absolute atomic E-state index is 13.7. The highest BCUT2D eigenvalue weighted by Gasteiger charge is 2.24. The molecule has 1 aromatic carbocycles. The first kappa shape index (κ1) is 15.4. The van der Waals surface area contributed by atoms with E-state index < -0.39 is 11.6 Å². The minimum Gasteiger partial charge on any atom is -0.396 e. The van der Waals surface area contributed by atoms with Crippen molar-refractivity contribution in [2.45, 2.75) is 38.6 Å². The van der Waals surface area contributed by atoms with Crippen molar-refractivity contribution >= 4 is 0 Å². The van der Waals surface area contributed by atoms with Gasteiger partial charge < -0.3 is 10.4 Å². The van der Waals surface area contributed by atoms with Gasteiger partial charge in [-0.25, -0.2) is 8.78 Å². The molecule has 4 heteroatoms. The van der Waals surface area contributed by atoms with E-state index in [1.165, 1.54) is 25.0 Å². The summed E-state index contributed by atoms with van der Waals surface area (Å²) in [5.41, 5.74) is 0.489. The Morgan fingerprint density at radius 1 is 1.25 bits per heavy atom. The van der Waals surface area contributed by atoms with Crippen LogP contribution in [0.25, 0.3) is 0 Å². The Labute approximate surface area is 119 Å². The van der Waals surface area contributed by atoms with Crippen molar-refractivity contribution in [2.24, 2.45) is 11.8 Å². The fraction of sp³-hybridized carbons (Fsp3) is 0.625. The van der Waals surface area contributed by atoms with Crippen LogP contribution in [0.2, 0.25) is 0 Å². The molecule has 0 aromatic heterocycles. The second-order valence-corrected chi connectivity index (χ2v) is 5.78. The zero-order valence-electron chi connectivity index (χ0n) is 11.9. The number of hydrogen-bond donors (Lipinski definition) is 2. The number of rotatable bonds is 5. The Bertz CT molecular complexity index is 438. The van der Waals surface area contributed by atoms with E-state index >= 15 is 0 Å². The van der Waals surface area contributed by atoms with Crippen LogP contribution in [0.15, 0.2) is 18.2 Å². The van der Waals surface area contributed by atoms with Crippen molar-refractivity contribution in [1.29, 1.82) is 0 Å². The third-order valence-electron chi connectivity index (χ3n) is 4.42. The first-order valence-corrected chi connectivity index (χ1v) is 7.41. The van der Waals surface area contributed by atoms with E-state index in [2.05, 4.69) is 5.32 Å². The van der Waals surface area contributed by atoms with Gasteiger partial charge in [0.05, 0.1) is 0 Å². The van der Waals surface area contributed by atoms with Crippen molar-refractivity contribution in [3.63, 3.8) is 0 Å². The summed E-state index contributed by atoms with van der Waals surface area (Å²) >= 11 is 0. The van der Waals surface area contributed by atoms with Crippen LogP contribution in [0.3, 0.4) is 0 Å². The summed E-state index contributed by atoms with van der Waals surface area (Å²) in [7, 11) is 0. The molecule has 1 aromatic rings. The fourth-order valence-corrected chi connectivity index (χ4v) is 3.08. The van der Waals surface area contributed by atoms with E-state index in [4.69, 9.17) is 0 Å². The van der Waals surface area contributed by atoms with Gasteiger partial charge in [-0.05, 0) is 44.2 Å². The fourth-order valence-electron chi connectivity index (χ4n) is 3.08. The molecule has 0 saturated heterocycles. The van der Waals surface area contributed by atoms with Crippen LogP contribution in [-0.2, 0) is 0 Å². The quantitative estimate of drug-likeness (QED) is 0.868. The lowest BCUT2D eigenvalue weighted by molar-refractivity contribution is 0.131. The van der Waals surface area contributed by atoms with Crippen LogP contribution < -0.4 is 5.32 Å². The average Bonchev–Trinajstić information content (AvgIpc) is 2.45. The number of benzene rings is 1. The Kier molecular flexibility index (Phi) is 5.49. The SMILES string of the molecule is CC(NCC1CCCCC1CO)c1ccc(F)cc1F. The third kappa shape index (κ3) is 3.76. The minimum absolute atomic E-state index is 0.156. The standard InChI is InChI=1S/C16H23F2NO/c1-11(15-7-6-14(17)8-16(15)18)19-9-12-4-2-3-5-13(12)10-20/h6-8,11-13,19-20H,2-5,9-10H2,1H3. The first-order valence-electron chi connectivity index (χ1n) is 7.41. The topological polar surface area (TPSA) is 32.3 Å². The van der Waals surface area contributed by atoms with E-state index in [-0.39, 0.29) is 12.6 Å². The molecule has 1 aliphatic rings. The first-order chi connectivity index (χ1) is 9.61. The zero-order valence-corrected chi connectivity index (χ0v) is 11.9. The molecule has 2 rings (SSSR count). The molecule has 3 unspecified atom stereocenters. The number of halogens is 2. The van der Waals surface area contributed by atoms with E-state index in [0.717, 1.165) is 25.5 Å². The van der Waals surface area contributed by atoms with Crippen molar-refractivity contribution in [1.82, 2.24) is 5.32 Å². The molecule has 1 saturated carbocycles. The molecule has 1 aliphatic carbocycles. The van der Waals surface area contributed by atoms with Gasteiger partial charge in [0.1, 0.15) is 11.6 Å². The smallest absolute Gasteiger partial charge is 0.130 e. The number of nitrogens with one attached hydrogen (secondary N) is 1. The number of aliphatic hydroxyl groups is 1. The molecular weight excluding hydrogens is 260 g/mol. The normalized spacial score (nSPS) is 24.6. The van der Waals surface area contributed by atoms with Crippen LogP contribution in [-0.4, -0.2) is 18.3 Å². The highest BCUT2D eigenvalue weighted by molar-refractivity contribution is 5.21. The van der Waals surface area contributed by atoms with E-state index in [1.54, 1.807) is 0 Å². The van der Waals surface area contributed by atoms with Gasteiger partial charge in [-0.2, -0.15) is 0 Å². The zero-order chi connectivity index (χ0) is 14.5. The second kappa shape index (κ2) is 7.14. The molecule has 112 valence electrons. The minimum atomic E-state index is -0.550. The molecule has 0 radical (unpaired) electrons. The predicted octanol–water partition coefficient (Wildman–Crippen LogP) is 3.41. The highest BCUT2D eigenvalue weighted by atomic mass is 19.1. The summed E-state index contributed by atoms with van der Waals surface area (Å²) in [5, 5.41) is 12.7. The molecule has 3 atom stereocenters. The van der Waals surface area contributed by atoms with Gasteiger partial charge in [-0.3, -0.25) is 0 Å². The van der Waals surface area contributed by atoms with Gasteiger partial charge in [0, 0.05) is 24.3 Å². The lowest BCUT2D eigenvalue weighted by Crippen LogP contribution is -2.33. The Morgan fingerprint density at radius 2 is 1.95 bits per heavy atom. The van der Waals surface area contributed by atoms with Gasteiger partial charge in [-0.1, -0.05) is 18.9 Å². The van der Waals surface area contributed by atoms with Crippen LogP contribution in [0.1, 0.15) is 44.2 Å². The Morgan fingerprint density at radius 3 is 2.60 bits per heavy atom. The summed E-state index contributed by atoms with van der Waals surface area (Å²) < 4.78 is 26.6. The molecule has 2 N–H and O–H groups in total. The molecule has 20 heavy (non-hydrogen) atoms. The largest absolute Gasteiger partial charge is 0.396 e. The molecule has 0 amide bonds. The summed E-state index contributed by atoms with van der Waals surface area (Å²) in [4.78, 5) is 0. The molecule has 0 aliphatic heterocycles. The summed E-state index contributed by atoms with van der Waals surface area (Å²) in [6.45, 7) is 2.88. The maximum Gasteiger partial charge on any atom is 0.130 e. The Balaban J connectivity index is 1.92. The molecule has 0 heterocycles. The Hall–Kier alpha value is -1.00. The van der Waals surface area contributed by atoms with E-state index in [9.17, 15) is 13.9 Å². The summed E-state index contributed by atoms with van der Waals surface area (Å²) in [6, 6.07) is 3.54. The van der Waals surface area contributed by atoms with Gasteiger partial charge in [0.15, 0.2) is 0 Å². The van der Waals surface area contributed by atoms with Crippen molar-refractivity contribution in [3.05, 3.63) is 35.4 Å². The molecular formula is C16H23F2NO. The van der Waals surface area contributed by atoms with Gasteiger partial charge in [0.2, 0.25) is 0 Å². The van der Waals surface area contributed by atoms with E-state index in [0.29, 0.717) is 17.4 Å². The average molecular weight is 283 g/mol. The number of aliphatic hydroxyl groups excluding tert-OH is 1. The van der Waals surface area contributed by atoms with Gasteiger partial charge in [-0.15, -0.1) is 0 Å². The van der Waals surface area contributed by atoms with Crippen molar-refractivity contribution in [2.75, 3.05) is 13.2 Å². The molecule has 1 fully saturated rings. The van der Waals surface area contributed by atoms with Crippen LogP contribution in [0.5, 0.6) is 0 Å². The highest BCUT2D eigenvalue weighted by Crippen LogP contribution is 2.29. The third-order valence-corrected chi connectivity index (χ3v) is 4.42. The predicted molar refractivity (Wildman–Crippen MR) is 75.3 cm³/mol. The van der Waals surface area contributed by atoms with Crippen LogP contribution >= 0.6 is 0 Å².